The Morgan fingerprint density at radius 3 is 3.10 bits per heavy atom. The van der Waals surface area contributed by atoms with Gasteiger partial charge in [0.25, 0.3) is 0 Å². The highest BCUT2D eigenvalue weighted by molar-refractivity contribution is 5.26. The van der Waals surface area contributed by atoms with Crippen LogP contribution < -0.4 is 5.32 Å². The van der Waals surface area contributed by atoms with E-state index in [-0.39, 0.29) is 6.61 Å². The molecule has 106 valence electrons. The van der Waals surface area contributed by atoms with Gasteiger partial charge in [0.1, 0.15) is 0 Å². The van der Waals surface area contributed by atoms with E-state index in [1.54, 1.807) is 0 Å². The molecule has 0 saturated heterocycles. The lowest BCUT2D eigenvalue weighted by Crippen LogP contribution is -2.25. The Morgan fingerprint density at radius 2 is 2.25 bits per heavy atom. The first kappa shape index (κ1) is 13.3. The molecule has 0 aliphatic heterocycles. The molecule has 1 aromatic carbocycles. The molecule has 0 fully saturated rings. The molecule has 1 aliphatic carbocycles. The molecule has 0 radical (unpaired) electrons. The summed E-state index contributed by atoms with van der Waals surface area (Å²) >= 11 is 0. The fourth-order valence-electron chi connectivity index (χ4n) is 3.00. The molecular formula is C16H21N3O. The fraction of sp³-hybridized carbons (Fsp3) is 0.438. The molecule has 4 nitrogen and oxygen atoms in total. The van der Waals surface area contributed by atoms with Gasteiger partial charge in [-0.05, 0) is 30.4 Å². The number of nitrogens with one attached hydrogen (secondary N) is 1. The second-order valence-electron chi connectivity index (χ2n) is 5.47. The summed E-state index contributed by atoms with van der Waals surface area (Å²) < 4.78 is 2.00. The lowest BCUT2D eigenvalue weighted by atomic mass is 9.93. The van der Waals surface area contributed by atoms with Crippen molar-refractivity contribution in [1.82, 2.24) is 15.1 Å². The summed E-state index contributed by atoms with van der Waals surface area (Å²) in [6.07, 6.45) is 5.50. The van der Waals surface area contributed by atoms with Crippen molar-refractivity contribution in [3.63, 3.8) is 0 Å². The molecule has 0 saturated carbocycles. The number of benzene rings is 1. The zero-order valence-corrected chi connectivity index (χ0v) is 11.8. The quantitative estimate of drug-likeness (QED) is 0.895. The summed E-state index contributed by atoms with van der Waals surface area (Å²) in [5.74, 6) is 0. The van der Waals surface area contributed by atoms with E-state index in [2.05, 4.69) is 22.5 Å². The number of fused-ring (bicyclic) bond motifs is 1. The van der Waals surface area contributed by atoms with Crippen LogP contribution in [-0.2, 0) is 26.6 Å². The van der Waals surface area contributed by atoms with E-state index in [0.717, 1.165) is 18.5 Å². The summed E-state index contributed by atoms with van der Waals surface area (Å²) in [5, 5.41) is 17.2. The first-order valence-corrected chi connectivity index (χ1v) is 7.21. The molecule has 0 spiro atoms. The van der Waals surface area contributed by atoms with Crippen LogP contribution >= 0.6 is 0 Å². The van der Waals surface area contributed by atoms with Crippen LogP contribution in [0.2, 0.25) is 0 Å². The number of aliphatic hydroxyl groups excluding tert-OH is 1. The van der Waals surface area contributed by atoms with Crippen molar-refractivity contribution in [2.45, 2.75) is 38.5 Å². The van der Waals surface area contributed by atoms with Crippen molar-refractivity contribution in [2.75, 3.05) is 0 Å². The van der Waals surface area contributed by atoms with Gasteiger partial charge in [0.2, 0.25) is 0 Å². The molecule has 0 amide bonds. The van der Waals surface area contributed by atoms with Gasteiger partial charge in [-0.25, -0.2) is 0 Å². The van der Waals surface area contributed by atoms with Crippen LogP contribution in [0.5, 0.6) is 0 Å². The van der Waals surface area contributed by atoms with E-state index in [1.807, 2.05) is 30.1 Å². The Labute approximate surface area is 119 Å². The van der Waals surface area contributed by atoms with E-state index in [4.69, 9.17) is 0 Å². The molecule has 1 atom stereocenters. The van der Waals surface area contributed by atoms with Crippen molar-refractivity contribution >= 4 is 0 Å². The molecule has 2 aromatic rings. The first-order valence-electron chi connectivity index (χ1n) is 7.21. The van der Waals surface area contributed by atoms with Gasteiger partial charge in [-0.15, -0.1) is 0 Å². The van der Waals surface area contributed by atoms with Crippen molar-refractivity contribution in [3.8, 4) is 0 Å². The van der Waals surface area contributed by atoms with Crippen LogP contribution in [0.3, 0.4) is 0 Å². The van der Waals surface area contributed by atoms with Crippen LogP contribution in [0, 0.1) is 0 Å². The lowest BCUT2D eigenvalue weighted by molar-refractivity contribution is 0.281. The highest BCUT2D eigenvalue weighted by Gasteiger charge is 2.22. The topological polar surface area (TPSA) is 50.1 Å². The molecule has 2 N–H and O–H groups in total. The molecule has 20 heavy (non-hydrogen) atoms. The van der Waals surface area contributed by atoms with E-state index in [0.29, 0.717) is 6.04 Å². The second-order valence-corrected chi connectivity index (χ2v) is 5.47. The van der Waals surface area contributed by atoms with Gasteiger partial charge in [-0.2, -0.15) is 5.10 Å². The van der Waals surface area contributed by atoms with Gasteiger partial charge in [-0.1, -0.05) is 24.3 Å². The number of hydrogen-bond donors (Lipinski definition) is 2. The zero-order valence-electron chi connectivity index (χ0n) is 11.8. The highest BCUT2D eigenvalue weighted by atomic mass is 16.3. The molecule has 1 aromatic heterocycles. The fourth-order valence-corrected chi connectivity index (χ4v) is 3.00. The van der Waals surface area contributed by atoms with Gasteiger partial charge in [-0.3, -0.25) is 4.68 Å². The zero-order chi connectivity index (χ0) is 13.9. The van der Waals surface area contributed by atoms with Crippen LogP contribution in [0.1, 0.15) is 41.3 Å². The summed E-state index contributed by atoms with van der Waals surface area (Å²) in [7, 11) is 2.02. The number of aliphatic hydroxyl groups is 1. The van der Waals surface area contributed by atoms with Crippen LogP contribution in [0.15, 0.2) is 30.5 Å². The van der Waals surface area contributed by atoms with Crippen LogP contribution in [-0.4, -0.2) is 14.9 Å². The third kappa shape index (κ3) is 2.62. The maximum Gasteiger partial charge on any atom is 0.0681 e. The van der Waals surface area contributed by atoms with Crippen LogP contribution in [0.4, 0.5) is 0 Å². The smallest absolute Gasteiger partial charge is 0.0681 e. The van der Waals surface area contributed by atoms with Crippen molar-refractivity contribution in [2.24, 2.45) is 7.05 Å². The normalized spacial score (nSPS) is 18.0. The van der Waals surface area contributed by atoms with Crippen molar-refractivity contribution < 1.29 is 5.11 Å². The van der Waals surface area contributed by atoms with Crippen molar-refractivity contribution in [1.29, 1.82) is 0 Å². The van der Waals surface area contributed by atoms with Gasteiger partial charge < -0.3 is 10.4 Å². The SMILES string of the molecule is Cn1ncc2c1CCCC2NCc1cccc(CO)c1. The predicted octanol–water partition coefficient (Wildman–Crippen LogP) is 2.08. The summed E-state index contributed by atoms with van der Waals surface area (Å²) in [6, 6.07) is 8.49. The third-order valence-electron chi connectivity index (χ3n) is 4.10. The lowest BCUT2D eigenvalue weighted by Gasteiger charge is -2.24. The maximum absolute atomic E-state index is 9.18. The Kier molecular flexibility index (Phi) is 3.85. The van der Waals surface area contributed by atoms with E-state index in [1.165, 1.54) is 29.7 Å². The summed E-state index contributed by atoms with van der Waals surface area (Å²) in [5.41, 5.74) is 4.89. The highest BCUT2D eigenvalue weighted by Crippen LogP contribution is 2.29. The first-order chi connectivity index (χ1) is 9.78. The molecule has 1 heterocycles. The minimum Gasteiger partial charge on any atom is -0.392 e. The molecule has 1 aliphatic rings. The monoisotopic (exact) mass is 271 g/mol. The third-order valence-corrected chi connectivity index (χ3v) is 4.10. The number of aromatic nitrogens is 2. The predicted molar refractivity (Wildman–Crippen MR) is 78.1 cm³/mol. The van der Waals surface area contributed by atoms with E-state index < -0.39 is 0 Å². The number of aryl methyl sites for hydroxylation is 1. The molecule has 0 bridgehead atoms. The van der Waals surface area contributed by atoms with Gasteiger partial charge in [0.15, 0.2) is 0 Å². The number of nitrogens with zero attached hydrogens (tertiary/aromatic N) is 2. The number of rotatable bonds is 4. The van der Waals surface area contributed by atoms with E-state index in [9.17, 15) is 5.11 Å². The minimum atomic E-state index is 0.101. The average Bonchev–Trinajstić information content (AvgIpc) is 2.88. The Morgan fingerprint density at radius 1 is 1.40 bits per heavy atom. The Hall–Kier alpha value is -1.65. The van der Waals surface area contributed by atoms with Crippen molar-refractivity contribution in [3.05, 3.63) is 52.8 Å². The largest absolute Gasteiger partial charge is 0.392 e. The van der Waals surface area contributed by atoms with E-state index >= 15 is 0 Å². The van der Waals surface area contributed by atoms with Crippen LogP contribution in [0.25, 0.3) is 0 Å². The number of hydrogen-bond acceptors (Lipinski definition) is 3. The average molecular weight is 271 g/mol. The standard InChI is InChI=1S/C16H21N3O/c1-19-16-7-3-6-15(14(16)10-18-19)17-9-12-4-2-5-13(8-12)11-20/h2,4-5,8,10,15,17,20H,3,6-7,9,11H2,1H3. The van der Waals surface area contributed by atoms with Gasteiger partial charge in [0.05, 0.1) is 12.8 Å². The minimum absolute atomic E-state index is 0.101. The molecule has 4 heteroatoms. The second kappa shape index (κ2) is 5.77. The van der Waals surface area contributed by atoms with Gasteiger partial charge in [0, 0.05) is 30.9 Å². The Bertz CT molecular complexity index is 591. The summed E-state index contributed by atoms with van der Waals surface area (Å²) in [4.78, 5) is 0. The molecule has 3 rings (SSSR count). The molecular weight excluding hydrogens is 250 g/mol. The molecule has 1 unspecified atom stereocenters. The Balaban J connectivity index is 1.70. The summed E-state index contributed by atoms with van der Waals surface area (Å²) in [6.45, 7) is 0.927. The maximum atomic E-state index is 9.18. The van der Waals surface area contributed by atoms with Gasteiger partial charge >= 0.3 is 0 Å².